The zero-order valence-electron chi connectivity index (χ0n) is 12.4. The topological polar surface area (TPSA) is 38.7 Å². The highest BCUT2D eigenvalue weighted by Gasteiger charge is 2.45. The van der Waals surface area contributed by atoms with Gasteiger partial charge in [0, 0.05) is 19.3 Å². The maximum atomic E-state index is 10.5. The van der Waals surface area contributed by atoms with E-state index in [4.69, 9.17) is 9.47 Å². The summed E-state index contributed by atoms with van der Waals surface area (Å²) in [6, 6.07) is 10.1. The van der Waals surface area contributed by atoms with E-state index in [0.29, 0.717) is 6.42 Å². The quantitative estimate of drug-likeness (QED) is 0.865. The molecule has 4 unspecified atom stereocenters. The average molecular weight is 288 g/mol. The van der Waals surface area contributed by atoms with Gasteiger partial charge in [0.1, 0.15) is 0 Å². The van der Waals surface area contributed by atoms with Crippen LogP contribution in [0.15, 0.2) is 43.0 Å². The van der Waals surface area contributed by atoms with Crippen LogP contribution in [0.2, 0.25) is 0 Å². The smallest absolute Gasteiger partial charge is 0.169 e. The molecule has 1 spiro atoms. The van der Waals surface area contributed by atoms with Gasteiger partial charge in [-0.1, -0.05) is 36.4 Å². The predicted molar refractivity (Wildman–Crippen MR) is 81.9 cm³/mol. The Morgan fingerprint density at radius 2 is 2.05 bits per heavy atom. The molecule has 2 aliphatic heterocycles. The Labute approximate surface area is 126 Å². The van der Waals surface area contributed by atoms with E-state index >= 15 is 0 Å². The minimum absolute atomic E-state index is 0.0926. The van der Waals surface area contributed by atoms with Crippen LogP contribution in [0, 0.1) is 0 Å². The molecule has 2 saturated heterocycles. The van der Waals surface area contributed by atoms with Crippen LogP contribution >= 0.6 is 0 Å². The highest BCUT2D eigenvalue weighted by atomic mass is 16.7. The van der Waals surface area contributed by atoms with Crippen molar-refractivity contribution in [2.24, 2.45) is 0 Å². The maximum absolute atomic E-state index is 10.5. The summed E-state index contributed by atoms with van der Waals surface area (Å²) in [5, 5.41) is 10.5. The van der Waals surface area contributed by atoms with Crippen LogP contribution in [0.4, 0.5) is 0 Å². The number of aliphatic hydroxyl groups excluding tert-OH is 1. The second kappa shape index (κ2) is 6.30. The SMILES string of the molecule is C=CC1CCC2(CCCC(C(O)Cc3ccccc3)O2)O1. The highest BCUT2D eigenvalue weighted by molar-refractivity contribution is 5.15. The molecular weight excluding hydrogens is 264 g/mol. The predicted octanol–water partition coefficient (Wildman–Crippen LogP) is 3.22. The van der Waals surface area contributed by atoms with Crippen LogP contribution in [0.5, 0.6) is 0 Å². The Hall–Kier alpha value is -1.16. The van der Waals surface area contributed by atoms with Crippen molar-refractivity contribution in [3.63, 3.8) is 0 Å². The lowest BCUT2D eigenvalue weighted by molar-refractivity contribution is -0.279. The number of benzene rings is 1. The molecule has 3 heteroatoms. The van der Waals surface area contributed by atoms with Crippen molar-refractivity contribution >= 4 is 0 Å². The summed E-state index contributed by atoms with van der Waals surface area (Å²) in [7, 11) is 0. The molecule has 4 atom stereocenters. The van der Waals surface area contributed by atoms with Crippen LogP contribution in [0.1, 0.15) is 37.7 Å². The summed E-state index contributed by atoms with van der Waals surface area (Å²) >= 11 is 0. The van der Waals surface area contributed by atoms with Gasteiger partial charge in [0.2, 0.25) is 0 Å². The lowest BCUT2D eigenvalue weighted by atomic mass is 9.93. The molecule has 114 valence electrons. The summed E-state index contributed by atoms with van der Waals surface area (Å²) in [4.78, 5) is 0. The van der Waals surface area contributed by atoms with E-state index in [2.05, 4.69) is 6.58 Å². The molecule has 3 rings (SSSR count). The second-order valence-electron chi connectivity index (χ2n) is 6.15. The molecule has 0 aromatic heterocycles. The molecule has 2 fully saturated rings. The Balaban J connectivity index is 1.62. The van der Waals surface area contributed by atoms with Gasteiger partial charge in [-0.3, -0.25) is 0 Å². The van der Waals surface area contributed by atoms with Crippen LogP contribution in [-0.2, 0) is 15.9 Å². The van der Waals surface area contributed by atoms with Gasteiger partial charge < -0.3 is 14.6 Å². The molecule has 3 nitrogen and oxygen atoms in total. The van der Waals surface area contributed by atoms with Gasteiger partial charge >= 0.3 is 0 Å². The number of aliphatic hydroxyl groups is 1. The van der Waals surface area contributed by atoms with Gasteiger partial charge in [-0.05, 0) is 24.8 Å². The molecule has 1 aromatic carbocycles. The fraction of sp³-hybridized carbons (Fsp3) is 0.556. The molecular formula is C18H24O3. The van der Waals surface area contributed by atoms with Gasteiger partial charge in [0.05, 0.1) is 18.3 Å². The van der Waals surface area contributed by atoms with Gasteiger partial charge in [-0.15, -0.1) is 6.58 Å². The van der Waals surface area contributed by atoms with Crippen LogP contribution in [-0.4, -0.2) is 29.2 Å². The van der Waals surface area contributed by atoms with Gasteiger partial charge in [0.15, 0.2) is 5.79 Å². The first kappa shape index (κ1) is 14.8. The van der Waals surface area contributed by atoms with E-state index in [0.717, 1.165) is 37.7 Å². The third-order valence-corrected chi connectivity index (χ3v) is 4.57. The summed E-state index contributed by atoms with van der Waals surface area (Å²) in [6.07, 6.45) is 6.69. The molecule has 0 bridgehead atoms. The molecule has 0 aliphatic carbocycles. The Morgan fingerprint density at radius 3 is 2.76 bits per heavy atom. The second-order valence-corrected chi connectivity index (χ2v) is 6.15. The Kier molecular flexibility index (Phi) is 4.43. The molecule has 0 radical (unpaired) electrons. The van der Waals surface area contributed by atoms with Crippen molar-refractivity contribution in [3.05, 3.63) is 48.6 Å². The third-order valence-electron chi connectivity index (χ3n) is 4.57. The van der Waals surface area contributed by atoms with E-state index in [1.807, 2.05) is 36.4 Å². The summed E-state index contributed by atoms with van der Waals surface area (Å²) in [5.41, 5.74) is 1.14. The number of rotatable bonds is 4. The van der Waals surface area contributed by atoms with Crippen molar-refractivity contribution in [1.82, 2.24) is 0 Å². The Bertz CT molecular complexity index is 473. The number of hydrogen-bond donors (Lipinski definition) is 1. The summed E-state index contributed by atoms with van der Waals surface area (Å²) < 4.78 is 12.2. The van der Waals surface area contributed by atoms with Gasteiger partial charge in [-0.2, -0.15) is 0 Å². The van der Waals surface area contributed by atoms with E-state index in [9.17, 15) is 5.11 Å². The number of ether oxygens (including phenoxy) is 2. The molecule has 1 aromatic rings. The van der Waals surface area contributed by atoms with Gasteiger partial charge in [0.25, 0.3) is 0 Å². The fourth-order valence-electron chi connectivity index (χ4n) is 3.42. The lowest BCUT2D eigenvalue weighted by Gasteiger charge is -2.40. The van der Waals surface area contributed by atoms with E-state index in [-0.39, 0.29) is 12.2 Å². The van der Waals surface area contributed by atoms with E-state index < -0.39 is 11.9 Å². The number of hydrogen-bond acceptors (Lipinski definition) is 3. The zero-order valence-corrected chi connectivity index (χ0v) is 12.4. The normalized spacial score (nSPS) is 34.0. The van der Waals surface area contributed by atoms with Gasteiger partial charge in [-0.25, -0.2) is 0 Å². The Morgan fingerprint density at radius 1 is 1.24 bits per heavy atom. The van der Waals surface area contributed by atoms with E-state index in [1.54, 1.807) is 0 Å². The summed E-state index contributed by atoms with van der Waals surface area (Å²) in [5.74, 6) is -0.487. The van der Waals surface area contributed by atoms with Crippen molar-refractivity contribution in [2.45, 2.75) is 62.6 Å². The van der Waals surface area contributed by atoms with Crippen LogP contribution in [0.3, 0.4) is 0 Å². The van der Waals surface area contributed by atoms with Crippen LogP contribution in [0.25, 0.3) is 0 Å². The fourth-order valence-corrected chi connectivity index (χ4v) is 3.42. The molecule has 0 saturated carbocycles. The summed E-state index contributed by atoms with van der Waals surface area (Å²) in [6.45, 7) is 3.80. The minimum atomic E-state index is -0.487. The zero-order chi connectivity index (χ0) is 14.7. The van der Waals surface area contributed by atoms with Crippen LogP contribution < -0.4 is 0 Å². The minimum Gasteiger partial charge on any atom is -0.390 e. The highest BCUT2D eigenvalue weighted by Crippen LogP contribution is 2.41. The largest absolute Gasteiger partial charge is 0.390 e. The first-order chi connectivity index (χ1) is 10.2. The average Bonchev–Trinajstić information content (AvgIpc) is 2.91. The van der Waals surface area contributed by atoms with Crippen molar-refractivity contribution < 1.29 is 14.6 Å². The lowest BCUT2D eigenvalue weighted by Crippen LogP contribution is -2.45. The first-order valence-corrected chi connectivity index (χ1v) is 7.91. The standard InChI is InChI=1S/C18H24O3/c1-2-15-10-12-18(20-15)11-6-9-17(21-18)16(19)13-14-7-4-3-5-8-14/h2-5,7-8,15-17,19H,1,6,9-13H2. The van der Waals surface area contributed by atoms with Crippen molar-refractivity contribution in [2.75, 3.05) is 0 Å². The maximum Gasteiger partial charge on any atom is 0.169 e. The molecule has 1 N–H and O–H groups in total. The molecule has 2 heterocycles. The third kappa shape index (κ3) is 3.37. The molecule has 2 aliphatic rings. The van der Waals surface area contributed by atoms with Crippen molar-refractivity contribution in [3.8, 4) is 0 Å². The first-order valence-electron chi connectivity index (χ1n) is 7.91. The molecule has 21 heavy (non-hydrogen) atoms. The monoisotopic (exact) mass is 288 g/mol. The van der Waals surface area contributed by atoms with Crippen molar-refractivity contribution in [1.29, 1.82) is 0 Å². The molecule has 0 amide bonds. The van der Waals surface area contributed by atoms with E-state index in [1.165, 1.54) is 0 Å².